The Bertz CT molecular complexity index is 1390. The van der Waals surface area contributed by atoms with Gasteiger partial charge in [0, 0.05) is 41.1 Å². The topological polar surface area (TPSA) is 77.2 Å². The molecule has 1 aliphatic carbocycles. The van der Waals surface area contributed by atoms with Gasteiger partial charge in [0.2, 0.25) is 0 Å². The molecule has 1 atom stereocenters. The van der Waals surface area contributed by atoms with Crippen molar-refractivity contribution in [3.05, 3.63) is 76.1 Å². The predicted molar refractivity (Wildman–Crippen MR) is 149 cm³/mol. The Hall–Kier alpha value is -3.35. The predicted octanol–water partition coefficient (Wildman–Crippen LogP) is 5.74. The summed E-state index contributed by atoms with van der Waals surface area (Å²) in [6, 6.07) is 16.0. The number of fused-ring (bicyclic) bond motifs is 1. The van der Waals surface area contributed by atoms with Crippen LogP contribution in [0.4, 0.5) is 5.69 Å². The summed E-state index contributed by atoms with van der Waals surface area (Å²) < 4.78 is 0. The molecule has 0 spiro atoms. The normalized spacial score (nSPS) is 20.3. The molecule has 0 unspecified atom stereocenters. The molecule has 6 nitrogen and oxygen atoms in total. The summed E-state index contributed by atoms with van der Waals surface area (Å²) in [4.78, 5) is 32.1. The van der Waals surface area contributed by atoms with Crippen molar-refractivity contribution < 1.29 is 9.59 Å². The minimum atomic E-state index is -0.175. The van der Waals surface area contributed by atoms with Crippen LogP contribution in [0.3, 0.4) is 0 Å². The van der Waals surface area contributed by atoms with E-state index in [4.69, 9.17) is 11.6 Å². The van der Waals surface area contributed by atoms with E-state index >= 15 is 0 Å². The fourth-order valence-electron chi connectivity index (χ4n) is 5.51. The summed E-state index contributed by atoms with van der Waals surface area (Å²) in [6.45, 7) is 4.45. The number of aryl methyl sites for hydroxylation is 1. The first-order chi connectivity index (χ1) is 18.0. The first-order valence-corrected chi connectivity index (χ1v) is 13.5. The van der Waals surface area contributed by atoms with Crippen LogP contribution >= 0.6 is 11.6 Å². The molecule has 2 amide bonds. The number of benzene rings is 2. The number of halogens is 1. The molecule has 0 bridgehead atoms. The molecule has 1 saturated carbocycles. The Kier molecular flexibility index (Phi) is 6.39. The maximum absolute atomic E-state index is 13.7. The van der Waals surface area contributed by atoms with Crippen molar-refractivity contribution in [1.82, 2.24) is 15.2 Å². The number of likely N-dealkylation sites (tertiary alicyclic amines) is 1. The molecule has 1 saturated heterocycles. The molecule has 3 aromatic rings. The molecule has 3 heterocycles. The average Bonchev–Trinajstić information content (AvgIpc) is 3.58. The third kappa shape index (κ3) is 4.96. The van der Waals surface area contributed by atoms with Gasteiger partial charge in [-0.2, -0.15) is 0 Å². The van der Waals surface area contributed by atoms with Crippen LogP contribution in [0.25, 0.3) is 22.8 Å². The van der Waals surface area contributed by atoms with Gasteiger partial charge in [-0.15, -0.1) is 0 Å². The number of rotatable bonds is 6. The van der Waals surface area contributed by atoms with Gasteiger partial charge in [0.05, 0.1) is 16.8 Å². The second kappa shape index (κ2) is 9.84. The smallest absolute Gasteiger partial charge is 0.256 e. The van der Waals surface area contributed by atoms with Crippen molar-refractivity contribution in [2.24, 2.45) is 5.92 Å². The van der Waals surface area contributed by atoms with Crippen molar-refractivity contribution in [3.63, 3.8) is 0 Å². The highest BCUT2D eigenvalue weighted by atomic mass is 35.5. The zero-order valence-corrected chi connectivity index (χ0v) is 21.7. The summed E-state index contributed by atoms with van der Waals surface area (Å²) in [6.07, 6.45) is 6.54. The van der Waals surface area contributed by atoms with Crippen molar-refractivity contribution in [3.8, 4) is 11.1 Å². The quantitative estimate of drug-likeness (QED) is 0.367. The van der Waals surface area contributed by atoms with Crippen molar-refractivity contribution in [2.75, 3.05) is 25.0 Å². The molecule has 2 fully saturated rings. The lowest BCUT2D eigenvalue weighted by Gasteiger charge is -2.33. The third-order valence-electron chi connectivity index (χ3n) is 7.56. The van der Waals surface area contributed by atoms with E-state index in [1.165, 1.54) is 12.8 Å². The van der Waals surface area contributed by atoms with E-state index in [0.717, 1.165) is 60.5 Å². The van der Waals surface area contributed by atoms with E-state index in [1.807, 2.05) is 66.4 Å². The Labute approximate surface area is 222 Å². The average molecular weight is 515 g/mol. The molecule has 190 valence electrons. The molecule has 3 N–H and O–H groups in total. The maximum Gasteiger partial charge on any atom is 0.256 e. The number of aromatic nitrogens is 1. The van der Waals surface area contributed by atoms with Gasteiger partial charge in [0.25, 0.3) is 11.8 Å². The van der Waals surface area contributed by atoms with Gasteiger partial charge in [-0.25, -0.2) is 0 Å². The number of H-pyrrole nitrogens is 1. The van der Waals surface area contributed by atoms with Gasteiger partial charge in [-0.1, -0.05) is 35.9 Å². The standard InChI is InChI=1S/C30H31ClN4O2/c1-18-14-24(30(37)35-13-3-4-19(17-35)16-32-22-11-12-22)27(33-18)15-25-28-23(20-7-9-21(31)10-8-20)5-2-6-26(28)34-29(25)36/h2,5-10,14-15,19,22,32-33H,3-4,11-13,16-17H2,1H3,(H,34,36)/b25-15-/t19-/m0/s1. The zero-order valence-electron chi connectivity index (χ0n) is 20.9. The van der Waals surface area contributed by atoms with Gasteiger partial charge in [-0.3, -0.25) is 9.59 Å². The number of nitrogens with one attached hydrogen (secondary N) is 3. The lowest BCUT2D eigenvalue weighted by molar-refractivity contribution is -0.110. The number of aromatic amines is 1. The third-order valence-corrected chi connectivity index (χ3v) is 7.81. The van der Waals surface area contributed by atoms with Crippen LogP contribution in [0, 0.1) is 12.8 Å². The molecule has 6 rings (SSSR count). The molecule has 2 aliphatic heterocycles. The van der Waals surface area contributed by atoms with Gasteiger partial charge in [-0.05, 0) is 86.5 Å². The number of carbonyl (C=O) groups excluding carboxylic acids is 2. The number of hydrogen-bond donors (Lipinski definition) is 3. The van der Waals surface area contributed by atoms with Crippen LogP contribution in [0.15, 0.2) is 48.5 Å². The lowest BCUT2D eigenvalue weighted by atomic mass is 9.94. The van der Waals surface area contributed by atoms with Crippen molar-refractivity contribution in [1.29, 1.82) is 0 Å². The molecule has 0 radical (unpaired) electrons. The monoisotopic (exact) mass is 514 g/mol. The largest absolute Gasteiger partial charge is 0.358 e. The number of hydrogen-bond acceptors (Lipinski definition) is 3. The number of carbonyl (C=O) groups is 2. The second-order valence-electron chi connectivity index (χ2n) is 10.5. The van der Waals surface area contributed by atoms with E-state index in [-0.39, 0.29) is 11.8 Å². The number of nitrogens with zero attached hydrogens (tertiary/aromatic N) is 1. The Morgan fingerprint density at radius 1 is 1.16 bits per heavy atom. The highest BCUT2D eigenvalue weighted by molar-refractivity contribution is 6.36. The lowest BCUT2D eigenvalue weighted by Crippen LogP contribution is -2.43. The Balaban J connectivity index is 1.32. The van der Waals surface area contributed by atoms with Crippen molar-refractivity contribution >= 4 is 40.8 Å². The first-order valence-electron chi connectivity index (χ1n) is 13.1. The van der Waals surface area contributed by atoms with Crippen LogP contribution < -0.4 is 10.6 Å². The van der Waals surface area contributed by atoms with Crippen LogP contribution in [0.2, 0.25) is 5.02 Å². The van der Waals surface area contributed by atoms with Crippen LogP contribution in [0.1, 0.15) is 53.0 Å². The Morgan fingerprint density at radius 2 is 1.97 bits per heavy atom. The summed E-state index contributed by atoms with van der Waals surface area (Å²) in [5.41, 5.74) is 6.24. The molecular weight excluding hydrogens is 484 g/mol. The van der Waals surface area contributed by atoms with E-state index in [1.54, 1.807) is 0 Å². The molecule has 7 heteroatoms. The van der Waals surface area contributed by atoms with Crippen LogP contribution in [-0.2, 0) is 4.79 Å². The number of piperidine rings is 1. The van der Waals surface area contributed by atoms with E-state index < -0.39 is 0 Å². The maximum atomic E-state index is 13.7. The van der Waals surface area contributed by atoms with E-state index in [9.17, 15) is 9.59 Å². The highest BCUT2D eigenvalue weighted by Crippen LogP contribution is 2.41. The highest BCUT2D eigenvalue weighted by Gasteiger charge is 2.31. The minimum Gasteiger partial charge on any atom is -0.358 e. The second-order valence-corrected chi connectivity index (χ2v) is 10.9. The molecule has 2 aromatic carbocycles. The SMILES string of the molecule is Cc1cc(C(=O)N2CCC[C@@H](CNC3CC3)C2)c(/C=C2\C(=O)Nc3cccc(-c4ccc(Cl)cc4)c32)[nH]1. The molecular formula is C30H31ClN4O2. The van der Waals surface area contributed by atoms with E-state index in [0.29, 0.717) is 33.8 Å². The molecule has 37 heavy (non-hydrogen) atoms. The van der Waals surface area contributed by atoms with Gasteiger partial charge < -0.3 is 20.5 Å². The summed E-state index contributed by atoms with van der Waals surface area (Å²) in [5.74, 6) is 0.331. The first kappa shape index (κ1) is 24.0. The molecule has 1 aromatic heterocycles. The fourth-order valence-corrected chi connectivity index (χ4v) is 5.64. The molecule has 3 aliphatic rings. The van der Waals surface area contributed by atoms with Crippen molar-refractivity contribution in [2.45, 2.75) is 38.6 Å². The van der Waals surface area contributed by atoms with Crippen LogP contribution in [-0.4, -0.2) is 47.4 Å². The summed E-state index contributed by atoms with van der Waals surface area (Å²) in [5, 5.41) is 7.27. The van der Waals surface area contributed by atoms with Gasteiger partial charge >= 0.3 is 0 Å². The number of anilines is 1. The summed E-state index contributed by atoms with van der Waals surface area (Å²) in [7, 11) is 0. The fraction of sp³-hybridized carbons (Fsp3) is 0.333. The van der Waals surface area contributed by atoms with Gasteiger partial charge in [0.15, 0.2) is 0 Å². The zero-order chi connectivity index (χ0) is 25.5. The number of amides is 2. The van der Waals surface area contributed by atoms with Crippen LogP contribution in [0.5, 0.6) is 0 Å². The van der Waals surface area contributed by atoms with Gasteiger partial charge in [0.1, 0.15) is 0 Å². The summed E-state index contributed by atoms with van der Waals surface area (Å²) >= 11 is 6.11. The van der Waals surface area contributed by atoms with E-state index in [2.05, 4.69) is 15.6 Å². The minimum absolute atomic E-state index is 0.0249. The Morgan fingerprint density at radius 3 is 2.76 bits per heavy atom.